The number of aryl methyl sites for hydroxylation is 1. The van der Waals surface area contributed by atoms with Gasteiger partial charge in [-0.2, -0.15) is 5.10 Å². The molecule has 0 unspecified atom stereocenters. The number of ether oxygens (including phenoxy) is 1. The van der Waals surface area contributed by atoms with Gasteiger partial charge in [0.1, 0.15) is 17.6 Å². The molecule has 2 heterocycles. The summed E-state index contributed by atoms with van der Waals surface area (Å²) in [5.41, 5.74) is 3.70. The van der Waals surface area contributed by atoms with Gasteiger partial charge in [0, 0.05) is 17.8 Å². The summed E-state index contributed by atoms with van der Waals surface area (Å²) in [7, 11) is 1.65. The fourth-order valence-corrected chi connectivity index (χ4v) is 3.71. The Hall–Kier alpha value is -3.34. The Balaban J connectivity index is 1.71. The van der Waals surface area contributed by atoms with Crippen molar-refractivity contribution in [1.82, 2.24) is 9.78 Å². The molecule has 5 heteroatoms. The molecule has 154 valence electrons. The number of rotatable bonds is 8. The predicted molar refractivity (Wildman–Crippen MR) is 119 cm³/mol. The van der Waals surface area contributed by atoms with Crippen molar-refractivity contribution in [3.8, 4) is 22.6 Å². The molecule has 0 N–H and O–H groups in total. The van der Waals surface area contributed by atoms with E-state index in [1.807, 2.05) is 48.7 Å². The van der Waals surface area contributed by atoms with Crippen LogP contribution in [0.3, 0.4) is 0 Å². The first-order valence-corrected chi connectivity index (χ1v) is 10.4. The lowest BCUT2D eigenvalue weighted by Gasteiger charge is -2.10. The quantitative estimate of drug-likeness (QED) is 0.351. The van der Waals surface area contributed by atoms with Gasteiger partial charge in [-0.3, -0.25) is 4.79 Å². The monoisotopic (exact) mass is 402 g/mol. The van der Waals surface area contributed by atoms with Crippen LogP contribution in [0.1, 0.15) is 38.2 Å². The van der Waals surface area contributed by atoms with Crippen LogP contribution in [0.25, 0.3) is 27.8 Å². The lowest BCUT2D eigenvalue weighted by molar-refractivity contribution is 0.408. The molecule has 2 aromatic carbocycles. The number of hydrogen-bond donors (Lipinski definition) is 0. The van der Waals surface area contributed by atoms with Crippen molar-refractivity contribution in [1.29, 1.82) is 0 Å². The minimum Gasteiger partial charge on any atom is -0.496 e. The number of benzene rings is 2. The van der Waals surface area contributed by atoms with E-state index in [2.05, 4.69) is 12.0 Å². The fourth-order valence-electron chi connectivity index (χ4n) is 3.71. The van der Waals surface area contributed by atoms with Crippen LogP contribution in [-0.4, -0.2) is 16.9 Å². The van der Waals surface area contributed by atoms with E-state index >= 15 is 0 Å². The lowest BCUT2D eigenvalue weighted by atomic mass is 10.0. The van der Waals surface area contributed by atoms with Crippen LogP contribution in [-0.2, 0) is 6.42 Å². The number of hydrogen-bond acceptors (Lipinski definition) is 4. The highest BCUT2D eigenvalue weighted by molar-refractivity contribution is 5.83. The summed E-state index contributed by atoms with van der Waals surface area (Å²) >= 11 is 0. The molecule has 5 nitrogen and oxygen atoms in total. The highest BCUT2D eigenvalue weighted by atomic mass is 16.5. The van der Waals surface area contributed by atoms with Gasteiger partial charge in [-0.25, -0.2) is 4.68 Å². The predicted octanol–water partition coefficient (Wildman–Crippen LogP) is 5.78. The molecule has 0 fully saturated rings. The first-order valence-electron chi connectivity index (χ1n) is 10.4. The Morgan fingerprint density at radius 3 is 2.70 bits per heavy atom. The minimum absolute atomic E-state index is 0.0543. The topological polar surface area (TPSA) is 57.3 Å². The van der Waals surface area contributed by atoms with E-state index in [0.717, 1.165) is 35.4 Å². The van der Waals surface area contributed by atoms with Gasteiger partial charge in [0.05, 0.1) is 29.9 Å². The van der Waals surface area contributed by atoms with E-state index < -0.39 is 0 Å². The molecule has 0 aliphatic carbocycles. The summed E-state index contributed by atoms with van der Waals surface area (Å²) < 4.78 is 13.1. The fraction of sp³-hybridized carbons (Fsp3) is 0.280. The molecule has 0 spiro atoms. The number of unbranched alkanes of at least 4 members (excludes halogenated alkanes) is 3. The molecule has 30 heavy (non-hydrogen) atoms. The van der Waals surface area contributed by atoms with Gasteiger partial charge in [0.25, 0.3) is 0 Å². The first-order chi connectivity index (χ1) is 14.7. The van der Waals surface area contributed by atoms with Crippen LogP contribution in [0.2, 0.25) is 0 Å². The van der Waals surface area contributed by atoms with Crippen LogP contribution in [0.4, 0.5) is 0 Å². The third-order valence-electron chi connectivity index (χ3n) is 5.39. The maximum absolute atomic E-state index is 13.3. The maximum atomic E-state index is 13.3. The number of fused-ring (bicyclic) bond motifs is 1. The van der Waals surface area contributed by atoms with Gasteiger partial charge >= 0.3 is 0 Å². The summed E-state index contributed by atoms with van der Waals surface area (Å²) in [6.45, 7) is 2.20. The second kappa shape index (κ2) is 8.99. The van der Waals surface area contributed by atoms with Crippen molar-refractivity contribution in [3.63, 3.8) is 0 Å². The van der Waals surface area contributed by atoms with Crippen molar-refractivity contribution < 1.29 is 9.15 Å². The van der Waals surface area contributed by atoms with E-state index in [-0.39, 0.29) is 5.43 Å². The average Bonchev–Trinajstić information content (AvgIpc) is 3.27. The standard InChI is InChI=1S/C25H26N2O3/c1-3-4-5-7-10-18-13-21-24(14-23(18)29-2)30-17-22(25(21)28)19-15-26-27(16-19)20-11-8-6-9-12-20/h6,8-9,11-17H,3-5,7,10H2,1-2H3. The van der Waals surface area contributed by atoms with Gasteiger partial charge in [0.15, 0.2) is 0 Å². The Morgan fingerprint density at radius 2 is 1.93 bits per heavy atom. The van der Waals surface area contributed by atoms with Crippen molar-refractivity contribution in [2.45, 2.75) is 39.0 Å². The van der Waals surface area contributed by atoms with E-state index in [4.69, 9.17) is 9.15 Å². The van der Waals surface area contributed by atoms with E-state index in [9.17, 15) is 4.79 Å². The van der Waals surface area contributed by atoms with Crippen LogP contribution >= 0.6 is 0 Å². The molecule has 4 rings (SSSR count). The van der Waals surface area contributed by atoms with E-state index in [0.29, 0.717) is 16.5 Å². The lowest BCUT2D eigenvalue weighted by Crippen LogP contribution is -2.06. The highest BCUT2D eigenvalue weighted by Crippen LogP contribution is 2.28. The Bertz CT molecular complexity index is 1190. The largest absolute Gasteiger partial charge is 0.496 e. The number of para-hydroxylation sites is 1. The molecular formula is C25H26N2O3. The number of methoxy groups -OCH3 is 1. The zero-order valence-electron chi connectivity index (χ0n) is 17.4. The SMILES string of the molecule is CCCCCCc1cc2c(=O)c(-c3cnn(-c4ccccc4)c3)coc2cc1OC. The second-order valence-corrected chi connectivity index (χ2v) is 7.46. The third-order valence-corrected chi connectivity index (χ3v) is 5.39. The molecule has 0 amide bonds. The molecule has 0 saturated heterocycles. The van der Waals surface area contributed by atoms with Crippen LogP contribution in [0.15, 0.2) is 70.3 Å². The third kappa shape index (κ3) is 4.01. The van der Waals surface area contributed by atoms with Crippen molar-refractivity contribution in [3.05, 3.63) is 76.9 Å². The van der Waals surface area contributed by atoms with Gasteiger partial charge < -0.3 is 9.15 Å². The van der Waals surface area contributed by atoms with E-state index in [1.165, 1.54) is 25.5 Å². The molecule has 2 aromatic heterocycles. The maximum Gasteiger partial charge on any atom is 0.200 e. The normalized spacial score (nSPS) is 11.1. The molecule has 0 aliphatic rings. The Kier molecular flexibility index (Phi) is 5.98. The van der Waals surface area contributed by atoms with E-state index in [1.54, 1.807) is 18.0 Å². The Morgan fingerprint density at radius 1 is 1.10 bits per heavy atom. The summed E-state index contributed by atoms with van der Waals surface area (Å²) in [4.78, 5) is 13.3. The van der Waals surface area contributed by atoms with Crippen molar-refractivity contribution >= 4 is 11.0 Å². The molecule has 0 bridgehead atoms. The number of aromatic nitrogens is 2. The second-order valence-electron chi connectivity index (χ2n) is 7.46. The van der Waals surface area contributed by atoms with Crippen molar-refractivity contribution in [2.24, 2.45) is 0 Å². The smallest absolute Gasteiger partial charge is 0.200 e. The summed E-state index contributed by atoms with van der Waals surface area (Å²) in [6.07, 6.45) is 10.6. The summed E-state index contributed by atoms with van der Waals surface area (Å²) in [5, 5.41) is 4.98. The van der Waals surface area contributed by atoms with Crippen LogP contribution < -0.4 is 10.2 Å². The first kappa shape index (κ1) is 20.0. The van der Waals surface area contributed by atoms with Gasteiger partial charge in [-0.1, -0.05) is 44.4 Å². The zero-order chi connectivity index (χ0) is 20.9. The Labute approximate surface area is 175 Å². The van der Waals surface area contributed by atoms with Gasteiger partial charge in [-0.05, 0) is 36.6 Å². The highest BCUT2D eigenvalue weighted by Gasteiger charge is 2.15. The summed E-state index contributed by atoms with van der Waals surface area (Å²) in [6, 6.07) is 13.6. The summed E-state index contributed by atoms with van der Waals surface area (Å²) in [5.74, 6) is 0.770. The molecule has 0 radical (unpaired) electrons. The molecule has 0 aliphatic heterocycles. The molecule has 4 aromatic rings. The molecular weight excluding hydrogens is 376 g/mol. The number of nitrogens with zero attached hydrogens (tertiary/aromatic N) is 2. The minimum atomic E-state index is -0.0543. The average molecular weight is 402 g/mol. The van der Waals surface area contributed by atoms with Gasteiger partial charge in [0.2, 0.25) is 5.43 Å². The van der Waals surface area contributed by atoms with Crippen LogP contribution in [0.5, 0.6) is 5.75 Å². The zero-order valence-corrected chi connectivity index (χ0v) is 17.4. The van der Waals surface area contributed by atoms with Gasteiger partial charge in [-0.15, -0.1) is 0 Å². The molecule has 0 saturated carbocycles. The van der Waals surface area contributed by atoms with Crippen LogP contribution in [0, 0.1) is 0 Å². The van der Waals surface area contributed by atoms with Crippen molar-refractivity contribution in [2.75, 3.05) is 7.11 Å². The molecule has 0 atom stereocenters.